The van der Waals surface area contributed by atoms with Gasteiger partial charge < -0.3 is 9.73 Å². The highest BCUT2D eigenvalue weighted by atomic mass is 35.5. The van der Waals surface area contributed by atoms with E-state index in [1.807, 2.05) is 0 Å². The fourth-order valence-corrected chi connectivity index (χ4v) is 4.71. The van der Waals surface area contributed by atoms with Crippen LogP contribution in [0.25, 0.3) is 11.0 Å². The van der Waals surface area contributed by atoms with E-state index in [9.17, 15) is 8.42 Å². The molecule has 0 radical (unpaired) electrons. The predicted molar refractivity (Wildman–Crippen MR) is 101 cm³/mol. The molecule has 25 heavy (non-hydrogen) atoms. The Kier molecular flexibility index (Phi) is 5.06. The van der Waals surface area contributed by atoms with Gasteiger partial charge in [0.05, 0.1) is 14.8 Å². The van der Waals surface area contributed by atoms with Gasteiger partial charge in [0.15, 0.2) is 5.58 Å². The average molecular weight is 419 g/mol. The SMILES string of the molecule is Cl.O=S(=O)(c1ccc(Cl)cc1)c1cc(Cl)c2oc3c(c2c1)CNCC3. The maximum Gasteiger partial charge on any atom is 0.206 e. The van der Waals surface area contributed by atoms with Crippen molar-refractivity contribution in [3.63, 3.8) is 0 Å². The Hall–Kier alpha value is -1.24. The summed E-state index contributed by atoms with van der Waals surface area (Å²) < 4.78 is 31.6. The van der Waals surface area contributed by atoms with Crippen LogP contribution in [-0.4, -0.2) is 15.0 Å². The summed E-state index contributed by atoms with van der Waals surface area (Å²) in [5.74, 6) is 0.867. The van der Waals surface area contributed by atoms with E-state index in [0.29, 0.717) is 22.2 Å². The lowest BCUT2D eigenvalue weighted by atomic mass is 10.1. The highest BCUT2D eigenvalue weighted by Crippen LogP contribution is 2.36. The van der Waals surface area contributed by atoms with Crippen LogP contribution in [0.4, 0.5) is 0 Å². The quantitative estimate of drug-likeness (QED) is 0.658. The molecule has 1 aromatic heterocycles. The second-order valence-electron chi connectivity index (χ2n) is 5.67. The molecule has 4 nitrogen and oxygen atoms in total. The molecule has 8 heteroatoms. The summed E-state index contributed by atoms with van der Waals surface area (Å²) in [4.78, 5) is 0.328. The number of hydrogen-bond donors (Lipinski definition) is 1. The van der Waals surface area contributed by atoms with Crippen molar-refractivity contribution in [2.45, 2.75) is 22.8 Å². The van der Waals surface area contributed by atoms with E-state index in [-0.39, 0.29) is 22.2 Å². The molecule has 2 aromatic carbocycles. The fourth-order valence-electron chi connectivity index (χ4n) is 2.95. The van der Waals surface area contributed by atoms with Crippen molar-refractivity contribution in [2.24, 2.45) is 0 Å². The summed E-state index contributed by atoms with van der Waals surface area (Å²) in [6.07, 6.45) is 0.764. The van der Waals surface area contributed by atoms with Gasteiger partial charge in [-0.05, 0) is 36.4 Å². The number of sulfone groups is 1. The zero-order valence-electron chi connectivity index (χ0n) is 12.9. The molecule has 0 saturated carbocycles. The van der Waals surface area contributed by atoms with Gasteiger partial charge in [0.2, 0.25) is 9.84 Å². The summed E-state index contributed by atoms with van der Waals surface area (Å²) in [5.41, 5.74) is 1.52. The lowest BCUT2D eigenvalue weighted by molar-refractivity contribution is 0.500. The molecule has 0 atom stereocenters. The molecule has 4 rings (SSSR count). The Bertz CT molecular complexity index is 1040. The topological polar surface area (TPSA) is 59.3 Å². The van der Waals surface area contributed by atoms with Gasteiger partial charge in [0, 0.05) is 35.5 Å². The molecule has 0 spiro atoms. The highest BCUT2D eigenvalue weighted by molar-refractivity contribution is 7.91. The van der Waals surface area contributed by atoms with Crippen LogP contribution in [0, 0.1) is 0 Å². The first-order valence-corrected chi connectivity index (χ1v) is 9.66. The molecular weight excluding hydrogens is 405 g/mol. The molecule has 0 fully saturated rings. The van der Waals surface area contributed by atoms with Crippen molar-refractivity contribution in [2.75, 3.05) is 6.54 Å². The Morgan fingerprint density at radius 3 is 2.48 bits per heavy atom. The van der Waals surface area contributed by atoms with Gasteiger partial charge in [-0.2, -0.15) is 0 Å². The molecule has 1 N–H and O–H groups in total. The second kappa shape index (κ2) is 6.82. The zero-order chi connectivity index (χ0) is 16.9. The van der Waals surface area contributed by atoms with Gasteiger partial charge >= 0.3 is 0 Å². The first kappa shape index (κ1) is 18.5. The number of nitrogens with one attached hydrogen (secondary N) is 1. The smallest absolute Gasteiger partial charge is 0.206 e. The van der Waals surface area contributed by atoms with Crippen molar-refractivity contribution >= 4 is 56.4 Å². The Labute approximate surface area is 161 Å². The Morgan fingerprint density at radius 1 is 1.04 bits per heavy atom. The number of benzene rings is 2. The standard InChI is InChI=1S/C17H13Cl2NO3S.ClH/c18-10-1-3-11(4-2-10)24(21,22)12-7-13-14-9-20-6-5-16(14)23-17(13)15(19)8-12;/h1-4,7-8,20H,5-6,9H2;1H. The molecule has 1 aliphatic heterocycles. The fraction of sp³-hybridized carbons (Fsp3) is 0.176. The largest absolute Gasteiger partial charge is 0.459 e. The Morgan fingerprint density at radius 2 is 1.76 bits per heavy atom. The minimum Gasteiger partial charge on any atom is -0.459 e. The van der Waals surface area contributed by atoms with Crippen LogP contribution in [0.5, 0.6) is 0 Å². The molecule has 1 aliphatic rings. The number of furan rings is 1. The van der Waals surface area contributed by atoms with E-state index < -0.39 is 9.84 Å². The molecule has 132 valence electrons. The van der Waals surface area contributed by atoms with Gasteiger partial charge in [-0.15, -0.1) is 12.4 Å². The van der Waals surface area contributed by atoms with E-state index in [2.05, 4.69) is 5.32 Å². The van der Waals surface area contributed by atoms with Crippen molar-refractivity contribution in [3.8, 4) is 0 Å². The summed E-state index contributed by atoms with van der Waals surface area (Å²) in [6.45, 7) is 1.48. The molecule has 0 bridgehead atoms. The van der Waals surface area contributed by atoms with Gasteiger partial charge in [-0.25, -0.2) is 8.42 Å². The Balaban J connectivity index is 0.00000182. The summed E-state index contributed by atoms with van der Waals surface area (Å²) in [6, 6.07) is 9.16. The third-order valence-corrected chi connectivity index (χ3v) is 6.45. The maximum atomic E-state index is 12.9. The van der Waals surface area contributed by atoms with Crippen molar-refractivity contribution in [3.05, 3.63) is 57.8 Å². The number of halogens is 3. The van der Waals surface area contributed by atoms with E-state index in [1.165, 1.54) is 18.2 Å². The number of fused-ring (bicyclic) bond motifs is 3. The van der Waals surface area contributed by atoms with E-state index in [4.69, 9.17) is 27.6 Å². The summed E-state index contributed by atoms with van der Waals surface area (Å²) in [7, 11) is -3.68. The van der Waals surface area contributed by atoms with Crippen LogP contribution in [0.2, 0.25) is 10.0 Å². The molecule has 3 aromatic rings. The maximum absolute atomic E-state index is 12.9. The summed E-state index contributed by atoms with van der Waals surface area (Å²) >= 11 is 12.1. The second-order valence-corrected chi connectivity index (χ2v) is 8.46. The van der Waals surface area contributed by atoms with Crippen LogP contribution in [0.3, 0.4) is 0 Å². The third kappa shape index (κ3) is 3.15. The van der Waals surface area contributed by atoms with Crippen molar-refractivity contribution in [1.29, 1.82) is 0 Å². The molecule has 2 heterocycles. The first-order chi connectivity index (χ1) is 11.5. The third-order valence-electron chi connectivity index (χ3n) is 4.17. The van der Waals surface area contributed by atoms with Gasteiger partial charge in [0.1, 0.15) is 5.76 Å². The van der Waals surface area contributed by atoms with Crippen molar-refractivity contribution in [1.82, 2.24) is 5.32 Å². The number of hydrogen-bond acceptors (Lipinski definition) is 4. The van der Waals surface area contributed by atoms with Gasteiger partial charge in [-0.1, -0.05) is 23.2 Å². The molecule has 0 saturated heterocycles. The van der Waals surface area contributed by atoms with Crippen molar-refractivity contribution < 1.29 is 12.8 Å². The van der Waals surface area contributed by atoms with Gasteiger partial charge in [0.25, 0.3) is 0 Å². The zero-order valence-corrected chi connectivity index (χ0v) is 16.0. The monoisotopic (exact) mass is 417 g/mol. The predicted octanol–water partition coefficient (Wildman–Crippen LogP) is 4.64. The van der Waals surface area contributed by atoms with Crippen LogP contribution >= 0.6 is 35.6 Å². The van der Waals surface area contributed by atoms with Gasteiger partial charge in [-0.3, -0.25) is 0 Å². The number of rotatable bonds is 2. The average Bonchev–Trinajstić information content (AvgIpc) is 2.95. The highest BCUT2D eigenvalue weighted by Gasteiger charge is 2.24. The van der Waals surface area contributed by atoms with Crippen LogP contribution < -0.4 is 5.32 Å². The molecule has 0 amide bonds. The van der Waals surface area contributed by atoms with Crippen LogP contribution in [0.1, 0.15) is 11.3 Å². The van der Waals surface area contributed by atoms with Crippen LogP contribution in [-0.2, 0) is 22.8 Å². The van der Waals surface area contributed by atoms with E-state index in [1.54, 1.807) is 18.2 Å². The normalized spacial score (nSPS) is 14.2. The minimum absolute atomic E-state index is 0. The molecule has 0 unspecified atom stereocenters. The molecule has 0 aliphatic carbocycles. The van der Waals surface area contributed by atoms with E-state index in [0.717, 1.165) is 29.7 Å². The molecular formula is C17H14Cl3NO3S. The lowest BCUT2D eigenvalue weighted by Crippen LogP contribution is -2.22. The van der Waals surface area contributed by atoms with Crippen LogP contribution in [0.15, 0.2) is 50.6 Å². The lowest BCUT2D eigenvalue weighted by Gasteiger charge is -2.11. The summed E-state index contributed by atoms with van der Waals surface area (Å²) in [5, 5.41) is 4.80. The van der Waals surface area contributed by atoms with E-state index >= 15 is 0 Å². The first-order valence-electron chi connectivity index (χ1n) is 7.42. The minimum atomic E-state index is -3.68.